The Morgan fingerprint density at radius 1 is 1.05 bits per heavy atom. The number of carbonyl (C=O) groups is 3. The van der Waals surface area contributed by atoms with Crippen molar-refractivity contribution >= 4 is 23.5 Å². The van der Waals surface area contributed by atoms with E-state index in [0.29, 0.717) is 17.7 Å². The number of rotatable bonds is 4. The van der Waals surface area contributed by atoms with E-state index in [-0.39, 0.29) is 17.7 Å². The summed E-state index contributed by atoms with van der Waals surface area (Å²) in [5.74, 6) is -3.64. The molecule has 0 heterocycles. The molecule has 3 rings (SSSR count). The predicted octanol–water partition coefficient (Wildman–Crippen LogP) is -0.0878. The number of hydrogen-bond donors (Lipinski definition) is 2. The smallest absolute Gasteiger partial charge is 0.248 e. The van der Waals surface area contributed by atoms with Crippen LogP contribution in [-0.4, -0.2) is 17.8 Å². The quantitative estimate of drug-likeness (QED) is 0.757. The fourth-order valence-corrected chi connectivity index (χ4v) is 3.44. The second-order valence-corrected chi connectivity index (χ2v) is 5.75. The van der Waals surface area contributed by atoms with Crippen LogP contribution in [0.25, 0.3) is 0 Å². The lowest BCUT2D eigenvalue weighted by molar-refractivity contribution is -0.313. The van der Waals surface area contributed by atoms with Crippen LogP contribution in [0.2, 0.25) is 0 Å². The number of hydrogen-bond acceptors (Lipinski definition) is 4. The average molecular weight is 299 g/mol. The Labute approximate surface area is 127 Å². The van der Waals surface area contributed by atoms with Gasteiger partial charge in [0.1, 0.15) is 0 Å². The Morgan fingerprint density at radius 2 is 1.64 bits per heavy atom. The number of anilines is 1. The van der Waals surface area contributed by atoms with Crippen LogP contribution in [0, 0.1) is 23.7 Å². The molecule has 1 aromatic rings. The van der Waals surface area contributed by atoms with Gasteiger partial charge in [-0.1, -0.05) is 12.2 Å². The van der Waals surface area contributed by atoms with E-state index in [2.05, 4.69) is 5.32 Å². The maximum Gasteiger partial charge on any atom is 0.248 e. The third-order valence-corrected chi connectivity index (χ3v) is 4.47. The van der Waals surface area contributed by atoms with Crippen LogP contribution in [0.15, 0.2) is 36.4 Å². The molecule has 0 aliphatic heterocycles. The first-order valence-corrected chi connectivity index (χ1v) is 7.07. The van der Waals surface area contributed by atoms with Gasteiger partial charge in [0.15, 0.2) is 0 Å². The van der Waals surface area contributed by atoms with Crippen molar-refractivity contribution in [1.29, 1.82) is 0 Å². The van der Waals surface area contributed by atoms with E-state index in [1.807, 2.05) is 12.2 Å². The number of aliphatic carboxylic acids is 1. The molecular formula is C16H15N2O4-. The first-order chi connectivity index (χ1) is 10.5. The minimum atomic E-state index is -1.18. The van der Waals surface area contributed by atoms with Gasteiger partial charge in [-0.05, 0) is 42.5 Å². The third-order valence-electron chi connectivity index (χ3n) is 4.47. The van der Waals surface area contributed by atoms with Gasteiger partial charge in [-0.2, -0.15) is 0 Å². The van der Waals surface area contributed by atoms with Gasteiger partial charge in [-0.15, -0.1) is 0 Å². The van der Waals surface area contributed by atoms with E-state index in [0.717, 1.165) is 0 Å². The summed E-state index contributed by atoms with van der Waals surface area (Å²) < 4.78 is 0. The molecule has 1 saturated carbocycles. The molecule has 2 amide bonds. The highest BCUT2D eigenvalue weighted by molar-refractivity contribution is 5.97. The second kappa shape index (κ2) is 5.29. The molecule has 1 fully saturated rings. The van der Waals surface area contributed by atoms with Gasteiger partial charge in [0.2, 0.25) is 11.8 Å². The van der Waals surface area contributed by atoms with E-state index >= 15 is 0 Å². The fourth-order valence-electron chi connectivity index (χ4n) is 3.44. The van der Waals surface area contributed by atoms with Gasteiger partial charge in [0.25, 0.3) is 0 Å². The van der Waals surface area contributed by atoms with Gasteiger partial charge < -0.3 is 21.0 Å². The third kappa shape index (κ3) is 2.36. The summed E-state index contributed by atoms with van der Waals surface area (Å²) in [6.45, 7) is 0. The summed E-state index contributed by atoms with van der Waals surface area (Å²) in [5, 5.41) is 14.0. The number of carboxylic acid groups (broad SMARTS) is 1. The van der Waals surface area contributed by atoms with Crippen molar-refractivity contribution < 1.29 is 19.5 Å². The number of carbonyl (C=O) groups excluding carboxylic acids is 3. The number of amides is 2. The summed E-state index contributed by atoms with van der Waals surface area (Å²) >= 11 is 0. The highest BCUT2D eigenvalue weighted by Crippen LogP contribution is 2.48. The lowest BCUT2D eigenvalue weighted by atomic mass is 9.82. The molecule has 0 spiro atoms. The summed E-state index contributed by atoms with van der Waals surface area (Å²) in [6, 6.07) is 6.15. The molecule has 0 radical (unpaired) electrons. The standard InChI is InChI=1S/C16H16N2O4/c17-14(19)8-3-5-11(6-4-8)18-15(20)12-9-1-2-10(7-9)13(12)16(21)22/h1-6,9-10,12-13H,7H2,(H2,17,19)(H,18,20)(H,21,22)/p-1/t9-,10-,12-,13-/m0/s1. The first kappa shape index (κ1) is 14.3. The summed E-state index contributed by atoms with van der Waals surface area (Å²) in [4.78, 5) is 34.7. The molecule has 0 aromatic heterocycles. The number of nitrogens with two attached hydrogens (primary N) is 1. The number of nitrogens with one attached hydrogen (secondary N) is 1. The van der Waals surface area contributed by atoms with Crippen LogP contribution < -0.4 is 16.2 Å². The molecule has 114 valence electrons. The number of benzene rings is 1. The zero-order chi connectivity index (χ0) is 15.9. The molecule has 2 aliphatic rings. The molecule has 4 atom stereocenters. The largest absolute Gasteiger partial charge is 0.550 e. The van der Waals surface area contributed by atoms with Crippen molar-refractivity contribution in [1.82, 2.24) is 0 Å². The Bertz CT molecular complexity index is 665. The predicted molar refractivity (Wildman–Crippen MR) is 76.3 cm³/mol. The van der Waals surface area contributed by atoms with Gasteiger partial charge in [0, 0.05) is 23.1 Å². The molecule has 6 heteroatoms. The van der Waals surface area contributed by atoms with Crippen molar-refractivity contribution in [3.05, 3.63) is 42.0 Å². The Kier molecular flexibility index (Phi) is 3.44. The normalized spacial score (nSPS) is 28.5. The van der Waals surface area contributed by atoms with Crippen LogP contribution in [0.1, 0.15) is 16.8 Å². The summed E-state index contributed by atoms with van der Waals surface area (Å²) in [7, 11) is 0. The maximum absolute atomic E-state index is 12.4. The topological polar surface area (TPSA) is 112 Å². The van der Waals surface area contributed by atoms with E-state index < -0.39 is 23.7 Å². The average Bonchev–Trinajstić information content (AvgIpc) is 3.08. The molecular weight excluding hydrogens is 284 g/mol. The van der Waals surface area contributed by atoms with Crippen LogP contribution in [0.3, 0.4) is 0 Å². The minimum Gasteiger partial charge on any atom is -0.550 e. The molecule has 22 heavy (non-hydrogen) atoms. The van der Waals surface area contributed by atoms with Crippen LogP contribution in [0.4, 0.5) is 5.69 Å². The molecule has 2 aliphatic carbocycles. The molecule has 6 nitrogen and oxygen atoms in total. The molecule has 0 unspecified atom stereocenters. The summed E-state index contributed by atoms with van der Waals surface area (Å²) in [5.41, 5.74) is 5.99. The number of primary amides is 1. The highest BCUT2D eigenvalue weighted by atomic mass is 16.4. The second-order valence-electron chi connectivity index (χ2n) is 5.75. The summed E-state index contributed by atoms with van der Waals surface area (Å²) in [6.07, 6.45) is 4.44. The zero-order valence-corrected chi connectivity index (χ0v) is 11.7. The Morgan fingerprint density at radius 3 is 2.18 bits per heavy atom. The number of allylic oxidation sites excluding steroid dienone is 2. The van der Waals surface area contributed by atoms with Crippen molar-refractivity contribution in [3.8, 4) is 0 Å². The van der Waals surface area contributed by atoms with E-state index in [1.165, 1.54) is 12.1 Å². The molecule has 3 N–H and O–H groups in total. The number of fused-ring (bicyclic) bond motifs is 2. The molecule has 2 bridgehead atoms. The highest BCUT2D eigenvalue weighted by Gasteiger charge is 2.48. The van der Waals surface area contributed by atoms with Crippen molar-refractivity contribution in [2.75, 3.05) is 5.32 Å². The van der Waals surface area contributed by atoms with Crippen molar-refractivity contribution in [3.63, 3.8) is 0 Å². The van der Waals surface area contributed by atoms with Gasteiger partial charge >= 0.3 is 0 Å². The Balaban J connectivity index is 1.75. The van der Waals surface area contributed by atoms with Gasteiger partial charge in [-0.25, -0.2) is 0 Å². The first-order valence-electron chi connectivity index (χ1n) is 7.07. The van der Waals surface area contributed by atoms with E-state index in [9.17, 15) is 19.5 Å². The van der Waals surface area contributed by atoms with Gasteiger partial charge in [-0.3, -0.25) is 9.59 Å². The maximum atomic E-state index is 12.4. The van der Waals surface area contributed by atoms with Crippen molar-refractivity contribution in [2.24, 2.45) is 29.4 Å². The SMILES string of the molecule is NC(=O)c1ccc(NC(=O)[C@@H]2[C@@H](C(=O)[O-])[C@H]3C=C[C@H]2C3)cc1. The minimum absolute atomic E-state index is 0.0576. The van der Waals surface area contributed by atoms with Crippen LogP contribution >= 0.6 is 0 Å². The number of carboxylic acids is 1. The monoisotopic (exact) mass is 299 g/mol. The fraction of sp³-hybridized carbons (Fsp3) is 0.312. The van der Waals surface area contributed by atoms with E-state index in [4.69, 9.17) is 5.73 Å². The van der Waals surface area contributed by atoms with Crippen molar-refractivity contribution in [2.45, 2.75) is 6.42 Å². The lowest BCUT2D eigenvalue weighted by Gasteiger charge is -2.27. The Hall–Kier alpha value is -2.63. The van der Waals surface area contributed by atoms with Crippen LogP contribution in [0.5, 0.6) is 0 Å². The van der Waals surface area contributed by atoms with E-state index in [1.54, 1.807) is 12.1 Å². The lowest BCUT2D eigenvalue weighted by Crippen LogP contribution is -2.42. The molecule has 1 aromatic carbocycles. The van der Waals surface area contributed by atoms with Crippen LogP contribution in [-0.2, 0) is 9.59 Å². The zero-order valence-electron chi connectivity index (χ0n) is 11.7. The van der Waals surface area contributed by atoms with Gasteiger partial charge in [0.05, 0.1) is 5.92 Å². The molecule has 0 saturated heterocycles.